The Morgan fingerprint density at radius 1 is 1.41 bits per heavy atom. The van der Waals surface area contributed by atoms with E-state index in [1.54, 1.807) is 6.07 Å². The minimum Gasteiger partial charge on any atom is -0.493 e. The third-order valence-corrected chi connectivity index (χ3v) is 2.06. The van der Waals surface area contributed by atoms with Gasteiger partial charge in [-0.25, -0.2) is 4.79 Å². The molecule has 0 atom stereocenters. The molecule has 0 bridgehead atoms. The van der Waals surface area contributed by atoms with E-state index < -0.39 is 5.97 Å². The van der Waals surface area contributed by atoms with Crippen LogP contribution in [0.15, 0.2) is 18.2 Å². The predicted octanol–water partition coefficient (Wildman–Crippen LogP) is 0.909. The molecule has 0 aliphatic carbocycles. The summed E-state index contributed by atoms with van der Waals surface area (Å²) in [6, 6.07) is 4.30. The van der Waals surface area contributed by atoms with Gasteiger partial charge in [0.1, 0.15) is 5.75 Å². The number of carbonyl (C=O) groups is 2. The van der Waals surface area contributed by atoms with Crippen molar-refractivity contribution in [2.24, 2.45) is 0 Å². The van der Waals surface area contributed by atoms with Crippen molar-refractivity contribution in [2.75, 3.05) is 19.5 Å². The SMILES string of the molecule is COC(=O)CCOc1ccc(N)c(C(=O)O)c1. The van der Waals surface area contributed by atoms with Gasteiger partial charge in [-0.2, -0.15) is 0 Å². The van der Waals surface area contributed by atoms with Crippen molar-refractivity contribution in [3.8, 4) is 5.75 Å². The molecular formula is C11H13NO5. The van der Waals surface area contributed by atoms with Gasteiger partial charge >= 0.3 is 11.9 Å². The number of anilines is 1. The Morgan fingerprint density at radius 3 is 2.71 bits per heavy atom. The highest BCUT2D eigenvalue weighted by atomic mass is 16.5. The van der Waals surface area contributed by atoms with Gasteiger partial charge in [-0.15, -0.1) is 0 Å². The summed E-state index contributed by atoms with van der Waals surface area (Å²) in [6.45, 7) is 0.121. The zero-order chi connectivity index (χ0) is 12.8. The Morgan fingerprint density at radius 2 is 2.12 bits per heavy atom. The maximum absolute atomic E-state index is 10.8. The summed E-state index contributed by atoms with van der Waals surface area (Å²) in [7, 11) is 1.29. The number of hydrogen-bond acceptors (Lipinski definition) is 5. The van der Waals surface area contributed by atoms with E-state index >= 15 is 0 Å². The first-order valence-corrected chi connectivity index (χ1v) is 4.87. The fourth-order valence-corrected chi connectivity index (χ4v) is 1.16. The summed E-state index contributed by atoms with van der Waals surface area (Å²) < 4.78 is 9.64. The molecule has 0 saturated carbocycles. The van der Waals surface area contributed by atoms with Crippen LogP contribution in [0.4, 0.5) is 5.69 Å². The normalized spacial score (nSPS) is 9.71. The fourth-order valence-electron chi connectivity index (χ4n) is 1.16. The third-order valence-electron chi connectivity index (χ3n) is 2.06. The highest BCUT2D eigenvalue weighted by Gasteiger charge is 2.09. The molecule has 0 heterocycles. The van der Waals surface area contributed by atoms with E-state index in [1.165, 1.54) is 19.2 Å². The summed E-state index contributed by atoms with van der Waals surface area (Å²) in [4.78, 5) is 21.6. The number of carbonyl (C=O) groups excluding carboxylic acids is 1. The zero-order valence-electron chi connectivity index (χ0n) is 9.30. The lowest BCUT2D eigenvalue weighted by molar-refractivity contribution is -0.141. The van der Waals surface area contributed by atoms with Gasteiger partial charge in [-0.1, -0.05) is 0 Å². The molecule has 0 aliphatic rings. The molecule has 17 heavy (non-hydrogen) atoms. The Balaban J connectivity index is 2.63. The zero-order valence-corrected chi connectivity index (χ0v) is 9.30. The number of rotatable bonds is 5. The topological polar surface area (TPSA) is 98.9 Å². The van der Waals surface area contributed by atoms with Crippen molar-refractivity contribution >= 4 is 17.6 Å². The van der Waals surface area contributed by atoms with E-state index in [1.807, 2.05) is 0 Å². The minimum absolute atomic E-state index is 0.0273. The molecule has 0 spiro atoms. The van der Waals surface area contributed by atoms with Gasteiger partial charge < -0.3 is 20.3 Å². The number of aromatic carboxylic acids is 1. The molecule has 1 aromatic rings. The van der Waals surface area contributed by atoms with E-state index in [9.17, 15) is 9.59 Å². The van der Waals surface area contributed by atoms with E-state index in [0.29, 0.717) is 5.75 Å². The summed E-state index contributed by atoms with van der Waals surface area (Å²) in [5.41, 5.74) is 5.62. The van der Waals surface area contributed by atoms with Crippen molar-refractivity contribution in [2.45, 2.75) is 6.42 Å². The van der Waals surface area contributed by atoms with Crippen LogP contribution in [-0.4, -0.2) is 30.8 Å². The second kappa shape index (κ2) is 5.74. The Hall–Kier alpha value is -2.24. The Labute approximate surface area is 97.9 Å². The van der Waals surface area contributed by atoms with Crippen LogP contribution in [0, 0.1) is 0 Å². The van der Waals surface area contributed by atoms with Gasteiger partial charge in [0, 0.05) is 5.69 Å². The first kappa shape index (κ1) is 12.8. The molecule has 6 nitrogen and oxygen atoms in total. The molecule has 0 aromatic heterocycles. The lowest BCUT2D eigenvalue weighted by Crippen LogP contribution is -2.08. The van der Waals surface area contributed by atoms with Gasteiger partial charge in [0.05, 0.1) is 25.7 Å². The van der Waals surface area contributed by atoms with Gasteiger partial charge in [0.25, 0.3) is 0 Å². The first-order valence-electron chi connectivity index (χ1n) is 4.87. The largest absolute Gasteiger partial charge is 0.493 e. The van der Waals surface area contributed by atoms with Crippen LogP contribution in [0.3, 0.4) is 0 Å². The van der Waals surface area contributed by atoms with Gasteiger partial charge in [0.15, 0.2) is 0 Å². The number of methoxy groups -OCH3 is 1. The van der Waals surface area contributed by atoms with Crippen LogP contribution in [0.2, 0.25) is 0 Å². The van der Waals surface area contributed by atoms with Crippen LogP contribution in [0.1, 0.15) is 16.8 Å². The number of esters is 1. The molecule has 6 heteroatoms. The molecular weight excluding hydrogens is 226 g/mol. The highest BCUT2D eigenvalue weighted by Crippen LogP contribution is 2.19. The number of carboxylic acid groups (broad SMARTS) is 1. The van der Waals surface area contributed by atoms with Crippen molar-refractivity contribution in [3.63, 3.8) is 0 Å². The summed E-state index contributed by atoms with van der Waals surface area (Å²) in [6.07, 6.45) is 0.100. The van der Waals surface area contributed by atoms with E-state index in [4.69, 9.17) is 15.6 Å². The average Bonchev–Trinajstić information content (AvgIpc) is 2.30. The molecule has 0 unspecified atom stereocenters. The molecule has 1 aromatic carbocycles. The van der Waals surface area contributed by atoms with Crippen LogP contribution in [-0.2, 0) is 9.53 Å². The minimum atomic E-state index is -1.12. The monoisotopic (exact) mass is 239 g/mol. The highest BCUT2D eigenvalue weighted by molar-refractivity contribution is 5.94. The van der Waals surface area contributed by atoms with Crippen LogP contribution in [0.25, 0.3) is 0 Å². The van der Waals surface area contributed by atoms with Gasteiger partial charge in [-0.05, 0) is 18.2 Å². The standard InChI is InChI=1S/C11H13NO5/c1-16-10(13)4-5-17-7-2-3-9(12)8(6-7)11(14)15/h2-3,6H,4-5,12H2,1H3,(H,14,15). The first-order chi connectivity index (χ1) is 8.04. The number of nitrogen functional groups attached to an aromatic ring is 1. The molecule has 0 amide bonds. The van der Waals surface area contributed by atoms with E-state index in [0.717, 1.165) is 0 Å². The Bertz CT molecular complexity index is 430. The van der Waals surface area contributed by atoms with E-state index in [-0.39, 0.29) is 30.2 Å². The van der Waals surface area contributed by atoms with Crippen molar-refractivity contribution in [1.82, 2.24) is 0 Å². The molecule has 0 aliphatic heterocycles. The van der Waals surface area contributed by atoms with Crippen LogP contribution < -0.4 is 10.5 Å². The number of nitrogens with two attached hydrogens (primary N) is 1. The lowest BCUT2D eigenvalue weighted by atomic mass is 10.2. The second-order valence-corrected chi connectivity index (χ2v) is 3.23. The van der Waals surface area contributed by atoms with E-state index in [2.05, 4.69) is 4.74 Å². The summed E-state index contributed by atoms with van der Waals surface area (Å²) >= 11 is 0. The molecule has 3 N–H and O–H groups in total. The molecule has 0 fully saturated rings. The number of hydrogen-bond donors (Lipinski definition) is 2. The number of benzene rings is 1. The number of ether oxygens (including phenoxy) is 2. The van der Waals surface area contributed by atoms with Crippen LogP contribution >= 0.6 is 0 Å². The molecule has 92 valence electrons. The lowest BCUT2D eigenvalue weighted by Gasteiger charge is -2.07. The van der Waals surface area contributed by atoms with Crippen molar-refractivity contribution < 1.29 is 24.2 Å². The average molecular weight is 239 g/mol. The maximum atomic E-state index is 10.8. The Kier molecular flexibility index (Phi) is 4.33. The summed E-state index contributed by atoms with van der Waals surface area (Å²) in [5.74, 6) is -1.17. The maximum Gasteiger partial charge on any atom is 0.337 e. The van der Waals surface area contributed by atoms with Gasteiger partial charge in [0.2, 0.25) is 0 Å². The van der Waals surface area contributed by atoms with Crippen LogP contribution in [0.5, 0.6) is 5.75 Å². The molecule has 0 saturated heterocycles. The quantitative estimate of drug-likeness (QED) is 0.585. The fraction of sp³-hybridized carbons (Fsp3) is 0.273. The van der Waals surface area contributed by atoms with Crippen molar-refractivity contribution in [3.05, 3.63) is 23.8 Å². The number of carboxylic acids is 1. The smallest absolute Gasteiger partial charge is 0.337 e. The molecule has 0 radical (unpaired) electrons. The summed E-state index contributed by atoms with van der Waals surface area (Å²) in [5, 5.41) is 8.83. The third kappa shape index (κ3) is 3.67. The predicted molar refractivity (Wildman–Crippen MR) is 59.9 cm³/mol. The van der Waals surface area contributed by atoms with Gasteiger partial charge in [-0.3, -0.25) is 4.79 Å². The van der Waals surface area contributed by atoms with Crippen molar-refractivity contribution in [1.29, 1.82) is 0 Å². The molecule has 1 rings (SSSR count). The second-order valence-electron chi connectivity index (χ2n) is 3.23.